The van der Waals surface area contributed by atoms with Crippen LogP contribution in [0, 0.1) is 6.92 Å². The van der Waals surface area contributed by atoms with E-state index in [1.165, 1.54) is 11.3 Å². The molecule has 0 saturated heterocycles. The van der Waals surface area contributed by atoms with Crippen LogP contribution < -0.4 is 5.48 Å². The first-order chi connectivity index (χ1) is 5.74. The molecule has 1 aromatic heterocycles. The van der Waals surface area contributed by atoms with Gasteiger partial charge in [-0.2, -0.15) is 0 Å². The molecule has 0 unspecified atom stereocenters. The molecule has 1 heterocycles. The van der Waals surface area contributed by atoms with Crippen molar-refractivity contribution in [2.45, 2.75) is 6.92 Å². The Morgan fingerprint density at radius 2 is 2.33 bits per heavy atom. The van der Waals surface area contributed by atoms with Crippen LogP contribution >= 0.6 is 11.3 Å². The van der Waals surface area contributed by atoms with Crippen LogP contribution in [0.2, 0.25) is 0 Å². The molecule has 12 heavy (non-hydrogen) atoms. The van der Waals surface area contributed by atoms with E-state index < -0.39 is 0 Å². The molecule has 0 saturated carbocycles. The fraction of sp³-hybridized carbons (Fsp3) is 0.429. The molecule has 1 aromatic rings. The second kappa shape index (κ2) is 6.90. The number of nitrogens with zero attached hydrogens (tertiary/aromatic N) is 1. The van der Waals surface area contributed by atoms with Crippen molar-refractivity contribution in [1.82, 2.24) is 10.5 Å². The van der Waals surface area contributed by atoms with E-state index >= 15 is 0 Å². The molecule has 0 fully saturated rings. The maximum Gasteiger partial charge on any atom is 0.178 e. The standard InChI is InChI=1S/C5H5NOS.C2H7NO/c1-4-2-6-5(3-7)8-4;1-3-4-2/h2-3H,1H3;3H,1-2H3. The molecule has 0 aromatic carbocycles. The van der Waals surface area contributed by atoms with Gasteiger partial charge in [-0.05, 0) is 6.92 Å². The first kappa shape index (κ1) is 11.2. The van der Waals surface area contributed by atoms with Crippen molar-refractivity contribution in [3.05, 3.63) is 16.1 Å². The van der Waals surface area contributed by atoms with E-state index in [-0.39, 0.29) is 0 Å². The Morgan fingerprint density at radius 3 is 2.50 bits per heavy atom. The highest BCUT2D eigenvalue weighted by atomic mass is 32.1. The molecule has 1 rings (SSSR count). The number of carbonyl (C=O) groups is 1. The Hall–Kier alpha value is -0.780. The van der Waals surface area contributed by atoms with Gasteiger partial charge in [0.15, 0.2) is 11.3 Å². The summed E-state index contributed by atoms with van der Waals surface area (Å²) in [5, 5.41) is 0.558. The summed E-state index contributed by atoms with van der Waals surface area (Å²) in [5.74, 6) is 0. The quantitative estimate of drug-likeness (QED) is 0.556. The number of nitrogens with one attached hydrogen (secondary N) is 1. The number of hydroxylamine groups is 1. The van der Waals surface area contributed by atoms with Crippen LogP contribution in [0.3, 0.4) is 0 Å². The van der Waals surface area contributed by atoms with Crippen molar-refractivity contribution < 1.29 is 9.63 Å². The number of hydrogen-bond donors (Lipinski definition) is 1. The molecule has 68 valence electrons. The van der Waals surface area contributed by atoms with Gasteiger partial charge in [0.2, 0.25) is 0 Å². The lowest BCUT2D eigenvalue weighted by molar-refractivity contribution is 0.112. The minimum Gasteiger partial charge on any atom is -0.305 e. The topological polar surface area (TPSA) is 51.2 Å². The third-order valence-electron chi connectivity index (χ3n) is 0.944. The van der Waals surface area contributed by atoms with Crippen molar-refractivity contribution in [3.8, 4) is 0 Å². The van der Waals surface area contributed by atoms with Gasteiger partial charge in [0.25, 0.3) is 0 Å². The molecule has 5 heteroatoms. The predicted octanol–water partition coefficient (Wildman–Crippen LogP) is 1.03. The molecular weight excluding hydrogens is 176 g/mol. The van der Waals surface area contributed by atoms with Crippen molar-refractivity contribution in [2.24, 2.45) is 0 Å². The van der Waals surface area contributed by atoms with E-state index in [9.17, 15) is 4.79 Å². The SMILES string of the molecule is CNOC.Cc1cnc(C=O)s1. The molecule has 0 aliphatic heterocycles. The summed E-state index contributed by atoms with van der Waals surface area (Å²) < 4.78 is 0. The Balaban J connectivity index is 0.000000261. The second-order valence-corrected chi connectivity index (χ2v) is 3.10. The molecule has 4 nitrogen and oxygen atoms in total. The first-order valence-electron chi connectivity index (χ1n) is 3.32. The number of thiazole rings is 1. The molecular formula is C7H12N2O2S. The average molecular weight is 188 g/mol. The summed E-state index contributed by atoms with van der Waals surface area (Å²) in [6, 6.07) is 0. The normalized spacial score (nSPS) is 8.58. The number of aldehydes is 1. The minimum atomic E-state index is 0.558. The molecule has 0 amide bonds. The van der Waals surface area contributed by atoms with Gasteiger partial charge in [-0.25, -0.2) is 10.5 Å². The second-order valence-electron chi connectivity index (χ2n) is 1.84. The van der Waals surface area contributed by atoms with Crippen LogP contribution in [0.5, 0.6) is 0 Å². The number of aryl methyl sites for hydroxylation is 1. The summed E-state index contributed by atoms with van der Waals surface area (Å²) >= 11 is 1.41. The highest BCUT2D eigenvalue weighted by molar-refractivity contribution is 7.13. The van der Waals surface area contributed by atoms with E-state index in [0.29, 0.717) is 5.01 Å². The van der Waals surface area contributed by atoms with Gasteiger partial charge in [-0.3, -0.25) is 4.79 Å². The van der Waals surface area contributed by atoms with Gasteiger partial charge in [-0.15, -0.1) is 11.3 Å². The van der Waals surface area contributed by atoms with Gasteiger partial charge in [-0.1, -0.05) is 0 Å². The van der Waals surface area contributed by atoms with E-state index in [2.05, 4.69) is 15.3 Å². The Bertz CT molecular complexity index is 223. The number of hydrogen-bond acceptors (Lipinski definition) is 5. The summed E-state index contributed by atoms with van der Waals surface area (Å²) in [5.41, 5.74) is 2.43. The van der Waals surface area contributed by atoms with Crippen molar-refractivity contribution in [2.75, 3.05) is 14.2 Å². The molecule has 0 atom stereocenters. The van der Waals surface area contributed by atoms with Gasteiger partial charge in [0.1, 0.15) is 0 Å². The predicted molar refractivity (Wildman–Crippen MR) is 48.3 cm³/mol. The number of carbonyl (C=O) groups excluding carboxylic acids is 1. The average Bonchev–Trinajstić information content (AvgIpc) is 2.52. The zero-order valence-corrected chi connectivity index (χ0v) is 8.14. The highest BCUT2D eigenvalue weighted by Gasteiger charge is 1.91. The maximum atomic E-state index is 9.97. The Labute approximate surface area is 75.5 Å². The third-order valence-corrected chi connectivity index (χ3v) is 1.78. The van der Waals surface area contributed by atoms with Crippen molar-refractivity contribution >= 4 is 17.6 Å². The van der Waals surface area contributed by atoms with Gasteiger partial charge >= 0.3 is 0 Å². The Kier molecular flexibility index (Phi) is 6.45. The van der Waals surface area contributed by atoms with E-state index in [4.69, 9.17) is 0 Å². The Morgan fingerprint density at radius 1 is 1.75 bits per heavy atom. The van der Waals surface area contributed by atoms with E-state index in [1.807, 2.05) is 6.92 Å². The molecule has 0 bridgehead atoms. The molecule has 0 aliphatic rings. The van der Waals surface area contributed by atoms with Crippen LogP contribution in [0.15, 0.2) is 6.20 Å². The van der Waals surface area contributed by atoms with E-state index in [1.54, 1.807) is 20.4 Å². The van der Waals surface area contributed by atoms with E-state index in [0.717, 1.165) is 11.2 Å². The third kappa shape index (κ3) is 4.95. The van der Waals surface area contributed by atoms with Crippen LogP contribution in [-0.2, 0) is 4.84 Å². The number of rotatable bonds is 2. The molecule has 0 spiro atoms. The van der Waals surface area contributed by atoms with Crippen LogP contribution in [0.1, 0.15) is 14.7 Å². The fourth-order valence-corrected chi connectivity index (χ4v) is 1.02. The largest absolute Gasteiger partial charge is 0.305 e. The number of aromatic nitrogens is 1. The lowest BCUT2D eigenvalue weighted by atomic mass is 10.6. The zero-order valence-electron chi connectivity index (χ0n) is 7.33. The van der Waals surface area contributed by atoms with Gasteiger partial charge < -0.3 is 4.84 Å². The molecule has 0 aliphatic carbocycles. The molecule has 0 radical (unpaired) electrons. The van der Waals surface area contributed by atoms with Crippen molar-refractivity contribution in [1.29, 1.82) is 0 Å². The minimum absolute atomic E-state index is 0.558. The van der Waals surface area contributed by atoms with Crippen LogP contribution in [0.4, 0.5) is 0 Å². The summed E-state index contributed by atoms with van der Waals surface area (Å²) in [6.07, 6.45) is 2.45. The monoisotopic (exact) mass is 188 g/mol. The highest BCUT2D eigenvalue weighted by Crippen LogP contribution is 2.07. The van der Waals surface area contributed by atoms with Gasteiger partial charge in [0.05, 0.1) is 7.11 Å². The van der Waals surface area contributed by atoms with Crippen LogP contribution in [0.25, 0.3) is 0 Å². The zero-order chi connectivity index (χ0) is 9.40. The fourth-order valence-electron chi connectivity index (χ4n) is 0.427. The first-order valence-corrected chi connectivity index (χ1v) is 4.13. The lowest BCUT2D eigenvalue weighted by Crippen LogP contribution is -2.00. The van der Waals surface area contributed by atoms with Crippen molar-refractivity contribution in [3.63, 3.8) is 0 Å². The lowest BCUT2D eigenvalue weighted by Gasteiger charge is -1.80. The maximum absolute atomic E-state index is 9.97. The summed E-state index contributed by atoms with van der Waals surface area (Å²) in [6.45, 7) is 1.92. The molecule has 1 N–H and O–H groups in total. The van der Waals surface area contributed by atoms with Crippen LogP contribution in [-0.4, -0.2) is 25.4 Å². The smallest absolute Gasteiger partial charge is 0.178 e. The van der Waals surface area contributed by atoms with Gasteiger partial charge in [0, 0.05) is 18.1 Å². The summed E-state index contributed by atoms with van der Waals surface area (Å²) in [4.78, 5) is 19.1. The summed E-state index contributed by atoms with van der Waals surface area (Å²) in [7, 11) is 3.28.